The largest absolute Gasteiger partial charge is 0.490 e. The zero-order chi connectivity index (χ0) is 32.2. The summed E-state index contributed by atoms with van der Waals surface area (Å²) >= 11 is 0. The van der Waals surface area contributed by atoms with Crippen LogP contribution < -0.4 is 5.32 Å². The number of imide groups is 1. The minimum atomic E-state index is -5.08. The molecule has 2 aliphatic heterocycles. The first-order valence-corrected chi connectivity index (χ1v) is 14.7. The van der Waals surface area contributed by atoms with Crippen molar-refractivity contribution in [3.8, 4) is 0 Å². The number of benzene rings is 2. The number of carboxylic acid groups (broad SMARTS) is 1. The second-order valence-electron chi connectivity index (χ2n) is 9.89. The molecule has 2 N–H and O–H groups in total. The number of nitrogens with one attached hydrogen (secondary N) is 1. The van der Waals surface area contributed by atoms with E-state index in [4.69, 9.17) is 14.6 Å². The molecule has 2 aromatic carbocycles. The average Bonchev–Trinajstić information content (AvgIpc) is 3.45. The van der Waals surface area contributed by atoms with Gasteiger partial charge in [0.25, 0.3) is 0 Å². The number of amides is 2. The topological polar surface area (TPSA) is 150 Å². The number of likely N-dealkylation sites (tertiary alicyclic amines) is 1. The first-order chi connectivity index (χ1) is 20.1. The molecule has 15 heteroatoms. The molecule has 4 atom stereocenters. The Morgan fingerprint density at radius 1 is 1.02 bits per heavy atom. The van der Waals surface area contributed by atoms with E-state index in [1.54, 1.807) is 32.0 Å². The minimum absolute atomic E-state index is 0.0775. The van der Waals surface area contributed by atoms with E-state index in [1.165, 1.54) is 28.4 Å². The van der Waals surface area contributed by atoms with Gasteiger partial charge in [-0.2, -0.15) is 17.5 Å². The summed E-state index contributed by atoms with van der Waals surface area (Å²) in [5.41, 5.74) is -0.649. The van der Waals surface area contributed by atoms with Crippen molar-refractivity contribution in [2.75, 3.05) is 20.2 Å². The van der Waals surface area contributed by atoms with Crippen LogP contribution in [-0.2, 0) is 40.5 Å². The molecule has 0 spiro atoms. The van der Waals surface area contributed by atoms with Gasteiger partial charge in [0.1, 0.15) is 5.54 Å². The number of sulfonamides is 1. The number of aliphatic carboxylic acids is 1. The third-order valence-electron chi connectivity index (χ3n) is 7.52. The van der Waals surface area contributed by atoms with Crippen LogP contribution in [0.15, 0.2) is 65.6 Å². The summed E-state index contributed by atoms with van der Waals surface area (Å²) in [5.74, 6) is -6.16. The molecule has 11 nitrogen and oxygen atoms in total. The molecule has 2 fully saturated rings. The van der Waals surface area contributed by atoms with Gasteiger partial charge in [-0.25, -0.2) is 13.2 Å². The van der Waals surface area contributed by atoms with Crippen LogP contribution in [-0.4, -0.2) is 84.4 Å². The van der Waals surface area contributed by atoms with Crippen molar-refractivity contribution in [3.63, 3.8) is 0 Å². The van der Waals surface area contributed by atoms with Gasteiger partial charge < -0.3 is 9.84 Å². The third-order valence-corrected chi connectivity index (χ3v) is 9.47. The normalized spacial score (nSPS) is 23.5. The number of alkyl halides is 3. The van der Waals surface area contributed by atoms with Crippen LogP contribution in [0.2, 0.25) is 0 Å². The molecule has 0 radical (unpaired) electrons. The van der Waals surface area contributed by atoms with E-state index in [9.17, 15) is 36.0 Å². The number of hydrogen-bond donors (Lipinski definition) is 2. The number of fused-ring (bicyclic) bond motifs is 1. The molecule has 2 saturated heterocycles. The zero-order valence-corrected chi connectivity index (χ0v) is 24.4. The Hall–Kier alpha value is -3.82. The maximum Gasteiger partial charge on any atom is 0.490 e. The van der Waals surface area contributed by atoms with Crippen molar-refractivity contribution in [2.45, 2.75) is 49.5 Å². The van der Waals surface area contributed by atoms with Crippen molar-refractivity contribution in [1.29, 1.82) is 0 Å². The van der Waals surface area contributed by atoms with Gasteiger partial charge in [0, 0.05) is 19.1 Å². The molecule has 0 saturated carbocycles. The van der Waals surface area contributed by atoms with Crippen LogP contribution in [0, 0.1) is 11.8 Å². The molecule has 4 rings (SSSR count). The molecule has 0 aliphatic carbocycles. The number of carbonyl (C=O) groups excluding carboxylic acids is 3. The third kappa shape index (κ3) is 6.73. The molecule has 234 valence electrons. The van der Waals surface area contributed by atoms with Gasteiger partial charge in [0.2, 0.25) is 21.8 Å². The highest BCUT2D eigenvalue weighted by Gasteiger charge is 2.68. The lowest BCUT2D eigenvalue weighted by Gasteiger charge is -2.32. The van der Waals surface area contributed by atoms with Gasteiger partial charge >= 0.3 is 18.1 Å². The van der Waals surface area contributed by atoms with Crippen LogP contribution in [0.5, 0.6) is 0 Å². The number of carbonyl (C=O) groups is 4. The van der Waals surface area contributed by atoms with E-state index in [2.05, 4.69) is 5.32 Å². The van der Waals surface area contributed by atoms with Crippen molar-refractivity contribution in [3.05, 3.63) is 66.2 Å². The predicted molar refractivity (Wildman–Crippen MR) is 146 cm³/mol. The Kier molecular flexibility index (Phi) is 10.4. The van der Waals surface area contributed by atoms with Crippen molar-refractivity contribution < 1.29 is 50.6 Å². The Morgan fingerprint density at radius 2 is 1.56 bits per heavy atom. The number of nitrogens with zero attached hydrogens (tertiary/aromatic N) is 2. The lowest BCUT2D eigenvalue weighted by atomic mass is 9.78. The predicted octanol–water partition coefficient (Wildman–Crippen LogP) is 2.43. The Morgan fingerprint density at radius 3 is 2.02 bits per heavy atom. The lowest BCUT2D eigenvalue weighted by molar-refractivity contribution is -0.192. The highest BCUT2D eigenvalue weighted by Crippen LogP contribution is 2.46. The highest BCUT2D eigenvalue weighted by molar-refractivity contribution is 7.89. The Labute approximate surface area is 246 Å². The standard InChI is InChI=1S/C26H31N3O6S.C2HF3O2/c1-4-26(25(32)35-3)22-21(23(30)29(24(22)31)16-18-12-8-6-9-13-18)20(27-26)17-28(5-2)36(33,34)19-14-10-7-11-15-19;3-2(4,5)1(6)7/h6-15,20-22,27H,4-5,16-17H2,1-3H3;(H,6,7)/t20-,21+,22-,26-;/m1./s1. The van der Waals surface area contributed by atoms with Crippen LogP contribution in [0.25, 0.3) is 0 Å². The molecule has 2 amide bonds. The summed E-state index contributed by atoms with van der Waals surface area (Å²) < 4.78 is 64.8. The molecule has 43 heavy (non-hydrogen) atoms. The average molecular weight is 628 g/mol. The van der Waals surface area contributed by atoms with E-state index in [-0.39, 0.29) is 31.0 Å². The molecule has 0 bridgehead atoms. The first kappa shape index (κ1) is 33.7. The number of ether oxygens (including phenoxy) is 1. The maximum absolute atomic E-state index is 13.7. The molecule has 0 unspecified atom stereocenters. The van der Waals surface area contributed by atoms with Gasteiger partial charge in [-0.3, -0.25) is 24.6 Å². The number of methoxy groups -OCH3 is 1. The quantitative estimate of drug-likeness (QED) is 0.316. The van der Waals surface area contributed by atoms with Gasteiger partial charge in [-0.15, -0.1) is 0 Å². The van der Waals surface area contributed by atoms with Gasteiger partial charge in [0.05, 0.1) is 30.4 Å². The fraction of sp³-hybridized carbons (Fsp3) is 0.429. The van der Waals surface area contributed by atoms with Crippen LogP contribution in [0.1, 0.15) is 25.8 Å². The molecule has 2 heterocycles. The van der Waals surface area contributed by atoms with E-state index in [0.29, 0.717) is 0 Å². The number of halogens is 3. The highest BCUT2D eigenvalue weighted by atomic mass is 32.2. The summed E-state index contributed by atoms with van der Waals surface area (Å²) in [6.45, 7) is 3.62. The lowest BCUT2D eigenvalue weighted by Crippen LogP contribution is -2.58. The Balaban J connectivity index is 0.000000646. The SMILES string of the molecule is CCN(C[C@H]1N[C@@](CC)(C(=O)OC)[C@H]2C(=O)N(Cc3ccccc3)C(=O)[C@@H]12)S(=O)(=O)c1ccccc1.O=C(O)C(F)(F)F. The molecule has 2 aromatic rings. The zero-order valence-electron chi connectivity index (χ0n) is 23.6. The van der Waals surface area contributed by atoms with Crippen LogP contribution >= 0.6 is 0 Å². The number of esters is 1. The maximum atomic E-state index is 13.7. The number of rotatable bonds is 9. The van der Waals surface area contributed by atoms with E-state index in [1.807, 2.05) is 30.3 Å². The fourth-order valence-corrected chi connectivity index (χ4v) is 6.95. The monoisotopic (exact) mass is 627 g/mol. The van der Waals surface area contributed by atoms with E-state index < -0.39 is 63.4 Å². The molecule has 0 aromatic heterocycles. The Bertz CT molecular complexity index is 1440. The van der Waals surface area contributed by atoms with Crippen molar-refractivity contribution >= 4 is 33.8 Å². The van der Waals surface area contributed by atoms with Gasteiger partial charge in [-0.05, 0) is 24.1 Å². The molecule has 2 aliphatic rings. The number of likely N-dealkylation sites (N-methyl/N-ethyl adjacent to an activating group) is 1. The van der Waals surface area contributed by atoms with Crippen LogP contribution in [0.4, 0.5) is 13.2 Å². The summed E-state index contributed by atoms with van der Waals surface area (Å²) in [5, 5.41) is 10.3. The second kappa shape index (κ2) is 13.2. The molecular formula is C28H32F3N3O8S. The smallest absolute Gasteiger partial charge is 0.475 e. The van der Waals surface area contributed by atoms with Crippen molar-refractivity contribution in [1.82, 2.24) is 14.5 Å². The minimum Gasteiger partial charge on any atom is -0.475 e. The second-order valence-corrected chi connectivity index (χ2v) is 11.8. The van der Waals surface area contributed by atoms with Crippen LogP contribution in [0.3, 0.4) is 0 Å². The van der Waals surface area contributed by atoms with Gasteiger partial charge in [0.15, 0.2) is 0 Å². The first-order valence-electron chi connectivity index (χ1n) is 13.3. The van der Waals surface area contributed by atoms with Crippen molar-refractivity contribution in [2.24, 2.45) is 11.8 Å². The van der Waals surface area contributed by atoms with E-state index >= 15 is 0 Å². The van der Waals surface area contributed by atoms with E-state index in [0.717, 1.165) is 5.56 Å². The summed E-state index contributed by atoms with van der Waals surface area (Å²) in [7, 11) is -2.62. The summed E-state index contributed by atoms with van der Waals surface area (Å²) in [6.07, 6.45) is -4.88. The molecular weight excluding hydrogens is 595 g/mol. The number of hydrogen-bond acceptors (Lipinski definition) is 8. The summed E-state index contributed by atoms with van der Waals surface area (Å²) in [6, 6.07) is 16.4. The fourth-order valence-electron chi connectivity index (χ4n) is 5.46. The summed E-state index contributed by atoms with van der Waals surface area (Å²) in [4.78, 5) is 50.6. The van der Waals surface area contributed by atoms with Gasteiger partial charge in [-0.1, -0.05) is 62.4 Å². The number of carboxylic acids is 1.